The molecule has 0 fully saturated rings. The van der Waals surface area contributed by atoms with Gasteiger partial charge in [0.1, 0.15) is 11.6 Å². The molecule has 4 nitrogen and oxygen atoms in total. The largest absolute Gasteiger partial charge is 0.394 e. The van der Waals surface area contributed by atoms with Crippen LogP contribution in [0.5, 0.6) is 0 Å². The van der Waals surface area contributed by atoms with Gasteiger partial charge in [-0.25, -0.2) is 8.78 Å². The van der Waals surface area contributed by atoms with Crippen molar-refractivity contribution in [3.63, 3.8) is 0 Å². The number of hydrogen-bond donors (Lipinski definition) is 2. The topological polar surface area (TPSA) is 50.1 Å². The normalized spacial score (nSPS) is 10.6. The Balaban J connectivity index is 1.99. The summed E-state index contributed by atoms with van der Waals surface area (Å²) in [6.45, 7) is 0.573. The molecule has 0 spiro atoms. The van der Waals surface area contributed by atoms with Gasteiger partial charge in [-0.3, -0.25) is 4.68 Å². The van der Waals surface area contributed by atoms with E-state index < -0.39 is 11.6 Å². The van der Waals surface area contributed by atoms with Gasteiger partial charge < -0.3 is 10.4 Å². The van der Waals surface area contributed by atoms with E-state index in [-0.39, 0.29) is 18.7 Å². The Labute approximate surface area is 103 Å². The number of nitrogens with zero attached hydrogens (tertiary/aromatic N) is 2. The minimum Gasteiger partial charge on any atom is -0.394 e. The highest BCUT2D eigenvalue weighted by molar-refractivity contribution is 5.39. The van der Waals surface area contributed by atoms with Crippen LogP contribution in [0.1, 0.15) is 5.56 Å². The Hall–Kier alpha value is -1.95. The number of anilines is 1. The predicted molar refractivity (Wildman–Crippen MR) is 63.0 cm³/mol. The van der Waals surface area contributed by atoms with E-state index in [4.69, 9.17) is 5.11 Å². The van der Waals surface area contributed by atoms with E-state index in [9.17, 15) is 8.78 Å². The maximum atomic E-state index is 13.3. The van der Waals surface area contributed by atoms with Gasteiger partial charge in [-0.1, -0.05) is 0 Å². The van der Waals surface area contributed by atoms with Crippen LogP contribution in [-0.2, 0) is 13.1 Å². The van der Waals surface area contributed by atoms with Crippen LogP contribution >= 0.6 is 0 Å². The number of rotatable bonds is 5. The molecule has 0 atom stereocenters. The lowest BCUT2D eigenvalue weighted by molar-refractivity contribution is 0.269. The van der Waals surface area contributed by atoms with Crippen LogP contribution in [0.3, 0.4) is 0 Å². The van der Waals surface area contributed by atoms with Gasteiger partial charge >= 0.3 is 0 Å². The fourth-order valence-electron chi connectivity index (χ4n) is 1.56. The summed E-state index contributed by atoms with van der Waals surface area (Å²) in [7, 11) is 0. The van der Waals surface area contributed by atoms with E-state index in [1.165, 1.54) is 0 Å². The molecule has 0 saturated carbocycles. The molecule has 0 radical (unpaired) electrons. The summed E-state index contributed by atoms with van der Waals surface area (Å²) >= 11 is 0. The van der Waals surface area contributed by atoms with Crippen LogP contribution < -0.4 is 5.32 Å². The fraction of sp³-hybridized carbons (Fsp3) is 0.250. The Bertz CT molecular complexity index is 528. The first-order chi connectivity index (χ1) is 8.69. The number of aliphatic hydroxyl groups excluding tert-OH is 1. The van der Waals surface area contributed by atoms with Crippen LogP contribution in [-0.4, -0.2) is 21.5 Å². The second-order valence-corrected chi connectivity index (χ2v) is 3.80. The van der Waals surface area contributed by atoms with Crippen molar-refractivity contribution in [3.05, 3.63) is 47.8 Å². The zero-order chi connectivity index (χ0) is 13.0. The molecule has 2 N–H and O–H groups in total. The number of aromatic nitrogens is 2. The first kappa shape index (κ1) is 12.5. The molecular formula is C12H13F2N3O. The Morgan fingerprint density at radius 3 is 2.94 bits per heavy atom. The van der Waals surface area contributed by atoms with E-state index in [1.807, 2.05) is 0 Å². The lowest BCUT2D eigenvalue weighted by Gasteiger charge is -2.05. The molecule has 0 aliphatic rings. The molecule has 2 aromatic rings. The molecular weight excluding hydrogens is 240 g/mol. The number of nitrogens with one attached hydrogen (secondary N) is 1. The summed E-state index contributed by atoms with van der Waals surface area (Å²) in [4.78, 5) is 0. The number of hydrogen-bond acceptors (Lipinski definition) is 3. The molecule has 0 saturated heterocycles. The molecule has 0 aliphatic carbocycles. The molecule has 96 valence electrons. The van der Waals surface area contributed by atoms with E-state index in [2.05, 4.69) is 10.4 Å². The quantitative estimate of drug-likeness (QED) is 0.853. The highest BCUT2D eigenvalue weighted by Gasteiger charge is 2.04. The van der Waals surface area contributed by atoms with Gasteiger partial charge in [0, 0.05) is 18.3 Å². The fourth-order valence-corrected chi connectivity index (χ4v) is 1.56. The number of aliphatic hydroxyl groups is 1. The molecule has 1 aromatic heterocycles. The van der Waals surface area contributed by atoms with Crippen molar-refractivity contribution < 1.29 is 13.9 Å². The second-order valence-electron chi connectivity index (χ2n) is 3.80. The van der Waals surface area contributed by atoms with Crippen LogP contribution in [0.15, 0.2) is 30.6 Å². The van der Waals surface area contributed by atoms with Gasteiger partial charge in [-0.05, 0) is 18.2 Å². The second kappa shape index (κ2) is 5.59. The van der Waals surface area contributed by atoms with Crippen molar-refractivity contribution in [2.24, 2.45) is 0 Å². The van der Waals surface area contributed by atoms with E-state index in [0.717, 1.165) is 18.2 Å². The first-order valence-corrected chi connectivity index (χ1v) is 5.50. The zero-order valence-electron chi connectivity index (χ0n) is 9.61. The summed E-state index contributed by atoms with van der Waals surface area (Å²) in [6.07, 6.45) is 3.25. The predicted octanol–water partition coefficient (Wildman–Crippen LogP) is 1.77. The minimum atomic E-state index is -0.468. The van der Waals surface area contributed by atoms with Gasteiger partial charge in [0.2, 0.25) is 0 Å². The number of benzene rings is 1. The van der Waals surface area contributed by atoms with Gasteiger partial charge in [-0.15, -0.1) is 0 Å². The van der Waals surface area contributed by atoms with E-state index in [0.29, 0.717) is 12.2 Å². The van der Waals surface area contributed by atoms with Crippen LogP contribution in [0.2, 0.25) is 0 Å². The van der Waals surface area contributed by atoms with Crippen molar-refractivity contribution >= 4 is 5.69 Å². The summed E-state index contributed by atoms with van der Waals surface area (Å²) in [5.74, 6) is -0.921. The monoisotopic (exact) mass is 253 g/mol. The van der Waals surface area contributed by atoms with E-state index in [1.54, 1.807) is 17.1 Å². The molecule has 0 aliphatic heterocycles. The maximum absolute atomic E-state index is 13.3. The Morgan fingerprint density at radius 1 is 1.33 bits per heavy atom. The van der Waals surface area contributed by atoms with Crippen LogP contribution in [0, 0.1) is 11.6 Å². The summed E-state index contributed by atoms with van der Waals surface area (Å²) in [5.41, 5.74) is 0.942. The first-order valence-electron chi connectivity index (χ1n) is 5.50. The Kier molecular flexibility index (Phi) is 3.88. The molecule has 1 heterocycles. The highest BCUT2D eigenvalue weighted by Crippen LogP contribution is 2.12. The van der Waals surface area contributed by atoms with Crippen molar-refractivity contribution in [2.75, 3.05) is 11.9 Å². The molecule has 0 unspecified atom stereocenters. The smallest absolute Gasteiger partial charge is 0.128 e. The molecule has 2 rings (SSSR count). The number of halogens is 2. The third kappa shape index (κ3) is 3.04. The average Bonchev–Trinajstić information content (AvgIpc) is 2.79. The van der Waals surface area contributed by atoms with Gasteiger partial charge in [-0.2, -0.15) is 5.10 Å². The van der Waals surface area contributed by atoms with Gasteiger partial charge in [0.25, 0.3) is 0 Å². The standard InChI is InChI=1S/C12H13F2N3O/c13-10-1-2-12(14)9(5-10)6-15-11-7-16-17(8-11)3-4-18/h1-2,5,7-8,15,18H,3-4,6H2. The third-order valence-corrected chi connectivity index (χ3v) is 2.45. The van der Waals surface area contributed by atoms with Gasteiger partial charge in [0.05, 0.1) is 25.0 Å². The summed E-state index contributed by atoms with van der Waals surface area (Å²) < 4.78 is 27.8. The summed E-state index contributed by atoms with van der Waals surface area (Å²) in [5, 5.41) is 15.7. The van der Waals surface area contributed by atoms with Crippen molar-refractivity contribution in [3.8, 4) is 0 Å². The molecule has 0 bridgehead atoms. The SMILES string of the molecule is OCCn1cc(NCc2cc(F)ccc2F)cn1. The van der Waals surface area contributed by atoms with Crippen molar-refractivity contribution in [2.45, 2.75) is 13.1 Å². The third-order valence-electron chi connectivity index (χ3n) is 2.45. The van der Waals surface area contributed by atoms with Crippen molar-refractivity contribution in [1.82, 2.24) is 9.78 Å². The van der Waals surface area contributed by atoms with Gasteiger partial charge in [0.15, 0.2) is 0 Å². The average molecular weight is 253 g/mol. The zero-order valence-corrected chi connectivity index (χ0v) is 9.61. The van der Waals surface area contributed by atoms with Crippen LogP contribution in [0.25, 0.3) is 0 Å². The molecule has 18 heavy (non-hydrogen) atoms. The van der Waals surface area contributed by atoms with Crippen molar-refractivity contribution in [1.29, 1.82) is 0 Å². The molecule has 1 aromatic carbocycles. The molecule has 0 amide bonds. The summed E-state index contributed by atoms with van der Waals surface area (Å²) in [6, 6.07) is 3.33. The Morgan fingerprint density at radius 2 is 2.17 bits per heavy atom. The van der Waals surface area contributed by atoms with Crippen LogP contribution in [0.4, 0.5) is 14.5 Å². The highest BCUT2D eigenvalue weighted by atomic mass is 19.1. The van der Waals surface area contributed by atoms with E-state index >= 15 is 0 Å². The molecule has 6 heteroatoms. The maximum Gasteiger partial charge on any atom is 0.128 e. The lowest BCUT2D eigenvalue weighted by atomic mass is 10.2. The lowest BCUT2D eigenvalue weighted by Crippen LogP contribution is -2.03. The minimum absolute atomic E-state index is 0.000353.